The van der Waals surface area contributed by atoms with Crippen LogP contribution in [0.25, 0.3) is 0 Å². The largest absolute Gasteiger partial charge is 0.380 e. The molecule has 0 fully saturated rings. The van der Waals surface area contributed by atoms with E-state index in [0.717, 1.165) is 26.3 Å². The third-order valence-electron chi connectivity index (χ3n) is 4.89. The molecule has 0 aromatic heterocycles. The summed E-state index contributed by atoms with van der Waals surface area (Å²) < 4.78 is 5.60. The number of hydrogen-bond donors (Lipinski definition) is 2. The van der Waals surface area contributed by atoms with E-state index in [1.165, 1.54) is 103 Å². The summed E-state index contributed by atoms with van der Waals surface area (Å²) in [6.07, 6.45) is 22.7. The predicted octanol–water partition coefficient (Wildman–Crippen LogP) is 5.81. The first-order chi connectivity index (χ1) is 12.4. The lowest BCUT2D eigenvalue weighted by atomic mass is 10.0. The fourth-order valence-electron chi connectivity index (χ4n) is 3.23. The van der Waals surface area contributed by atoms with E-state index in [4.69, 9.17) is 10.5 Å². The van der Waals surface area contributed by atoms with Crippen molar-refractivity contribution in [1.29, 1.82) is 0 Å². The number of nitrogens with two attached hydrogens (primary N) is 1. The van der Waals surface area contributed by atoms with Gasteiger partial charge in [-0.05, 0) is 6.42 Å². The standard InChI is InChI=1S/C22H48N2O/c1-2-3-4-5-6-7-8-9-10-11-12-13-14-15-16-17-21-25-22-20-24-19-18-23/h24H,2-23H2,1H3. The van der Waals surface area contributed by atoms with Crippen molar-refractivity contribution in [1.82, 2.24) is 5.32 Å². The third-order valence-corrected chi connectivity index (χ3v) is 4.89. The molecule has 3 nitrogen and oxygen atoms in total. The molecular weight excluding hydrogens is 308 g/mol. The van der Waals surface area contributed by atoms with Gasteiger partial charge in [-0.2, -0.15) is 0 Å². The molecule has 0 spiro atoms. The predicted molar refractivity (Wildman–Crippen MR) is 112 cm³/mol. The van der Waals surface area contributed by atoms with Crippen molar-refractivity contribution in [3.05, 3.63) is 0 Å². The second-order valence-corrected chi connectivity index (χ2v) is 7.45. The van der Waals surface area contributed by atoms with Crippen LogP contribution in [-0.4, -0.2) is 32.8 Å². The Morgan fingerprint density at radius 1 is 0.560 bits per heavy atom. The zero-order valence-electron chi connectivity index (χ0n) is 17.3. The van der Waals surface area contributed by atoms with E-state index >= 15 is 0 Å². The summed E-state index contributed by atoms with van der Waals surface area (Å²) in [7, 11) is 0. The molecule has 0 bridgehead atoms. The van der Waals surface area contributed by atoms with Crippen LogP contribution in [0.3, 0.4) is 0 Å². The SMILES string of the molecule is CCCCCCCCCCCCCCCCCCOCCNCCN. The van der Waals surface area contributed by atoms with E-state index < -0.39 is 0 Å². The lowest BCUT2D eigenvalue weighted by Gasteiger charge is -2.05. The van der Waals surface area contributed by atoms with Crippen LogP contribution in [0.5, 0.6) is 0 Å². The molecule has 0 unspecified atom stereocenters. The average Bonchev–Trinajstić information content (AvgIpc) is 2.63. The average molecular weight is 357 g/mol. The normalized spacial score (nSPS) is 11.3. The second-order valence-electron chi connectivity index (χ2n) is 7.45. The molecule has 0 saturated heterocycles. The van der Waals surface area contributed by atoms with Crippen LogP contribution in [0.2, 0.25) is 0 Å². The Hall–Kier alpha value is -0.120. The number of ether oxygens (including phenoxy) is 1. The maximum Gasteiger partial charge on any atom is 0.0590 e. The maximum atomic E-state index is 5.60. The number of unbranched alkanes of at least 4 members (excludes halogenated alkanes) is 15. The molecule has 3 heteroatoms. The molecule has 0 amide bonds. The van der Waals surface area contributed by atoms with Gasteiger partial charge >= 0.3 is 0 Å². The zero-order valence-corrected chi connectivity index (χ0v) is 17.3. The van der Waals surface area contributed by atoms with Gasteiger partial charge in [-0.15, -0.1) is 0 Å². The van der Waals surface area contributed by atoms with Gasteiger partial charge in [0, 0.05) is 26.2 Å². The van der Waals surface area contributed by atoms with E-state index in [-0.39, 0.29) is 0 Å². The van der Waals surface area contributed by atoms with Crippen molar-refractivity contribution in [3.8, 4) is 0 Å². The summed E-state index contributed by atoms with van der Waals surface area (Å²) in [5.41, 5.74) is 5.41. The van der Waals surface area contributed by atoms with Crippen molar-refractivity contribution in [3.63, 3.8) is 0 Å². The monoisotopic (exact) mass is 356 g/mol. The molecule has 0 aliphatic carbocycles. The van der Waals surface area contributed by atoms with Gasteiger partial charge in [0.05, 0.1) is 6.61 Å². The molecule has 0 aliphatic rings. The van der Waals surface area contributed by atoms with Gasteiger partial charge < -0.3 is 15.8 Å². The molecule has 3 N–H and O–H groups in total. The minimum Gasteiger partial charge on any atom is -0.380 e. The van der Waals surface area contributed by atoms with E-state index in [1.807, 2.05) is 0 Å². The van der Waals surface area contributed by atoms with Crippen LogP contribution >= 0.6 is 0 Å². The fraction of sp³-hybridized carbons (Fsp3) is 1.00. The Morgan fingerprint density at radius 2 is 1.00 bits per heavy atom. The van der Waals surface area contributed by atoms with Crippen LogP contribution in [0.1, 0.15) is 110 Å². The molecule has 0 atom stereocenters. The minimum atomic E-state index is 0.707. The number of rotatable bonds is 22. The van der Waals surface area contributed by atoms with Gasteiger partial charge in [-0.25, -0.2) is 0 Å². The van der Waals surface area contributed by atoms with E-state index in [0.29, 0.717) is 6.54 Å². The Kier molecular flexibility index (Phi) is 23.8. The maximum absolute atomic E-state index is 5.60. The van der Waals surface area contributed by atoms with Crippen molar-refractivity contribution in [2.75, 3.05) is 32.8 Å². The summed E-state index contributed by atoms with van der Waals surface area (Å²) in [6.45, 7) is 6.55. The van der Waals surface area contributed by atoms with E-state index in [1.54, 1.807) is 0 Å². The van der Waals surface area contributed by atoms with E-state index in [9.17, 15) is 0 Å². The number of nitrogens with one attached hydrogen (secondary N) is 1. The summed E-state index contributed by atoms with van der Waals surface area (Å²) in [5.74, 6) is 0. The Bertz CT molecular complexity index is 202. The van der Waals surface area contributed by atoms with Gasteiger partial charge in [0.2, 0.25) is 0 Å². The van der Waals surface area contributed by atoms with Crippen LogP contribution in [-0.2, 0) is 4.74 Å². The first-order valence-electron chi connectivity index (χ1n) is 11.4. The van der Waals surface area contributed by atoms with Crippen LogP contribution in [0.15, 0.2) is 0 Å². The molecule has 0 rings (SSSR count). The summed E-state index contributed by atoms with van der Waals surface area (Å²) >= 11 is 0. The second kappa shape index (κ2) is 23.9. The molecule has 152 valence electrons. The zero-order chi connectivity index (χ0) is 18.3. The van der Waals surface area contributed by atoms with Gasteiger partial charge in [-0.3, -0.25) is 0 Å². The Labute approximate surface area is 158 Å². The molecule has 0 radical (unpaired) electrons. The van der Waals surface area contributed by atoms with Crippen LogP contribution < -0.4 is 11.1 Å². The highest BCUT2D eigenvalue weighted by Crippen LogP contribution is 2.13. The minimum absolute atomic E-state index is 0.707. The van der Waals surface area contributed by atoms with Crippen LogP contribution in [0.4, 0.5) is 0 Å². The molecule has 0 aromatic rings. The lowest BCUT2D eigenvalue weighted by Crippen LogP contribution is -2.26. The molecule has 0 heterocycles. The molecule has 25 heavy (non-hydrogen) atoms. The van der Waals surface area contributed by atoms with Gasteiger partial charge in [0.15, 0.2) is 0 Å². The highest BCUT2D eigenvalue weighted by Gasteiger charge is 1.95. The van der Waals surface area contributed by atoms with Gasteiger partial charge in [0.25, 0.3) is 0 Å². The van der Waals surface area contributed by atoms with Crippen molar-refractivity contribution < 1.29 is 4.74 Å². The summed E-state index contributed by atoms with van der Waals surface area (Å²) in [4.78, 5) is 0. The van der Waals surface area contributed by atoms with Crippen molar-refractivity contribution in [2.24, 2.45) is 5.73 Å². The smallest absolute Gasteiger partial charge is 0.0590 e. The van der Waals surface area contributed by atoms with Crippen molar-refractivity contribution >= 4 is 0 Å². The van der Waals surface area contributed by atoms with E-state index in [2.05, 4.69) is 12.2 Å². The Balaban J connectivity index is 2.94. The first-order valence-corrected chi connectivity index (χ1v) is 11.4. The summed E-state index contributed by atoms with van der Waals surface area (Å²) in [5, 5.41) is 3.24. The highest BCUT2D eigenvalue weighted by atomic mass is 16.5. The van der Waals surface area contributed by atoms with Crippen LogP contribution in [0, 0.1) is 0 Å². The Morgan fingerprint density at radius 3 is 1.44 bits per heavy atom. The first kappa shape index (κ1) is 24.9. The highest BCUT2D eigenvalue weighted by molar-refractivity contribution is 4.50. The third kappa shape index (κ3) is 23.9. The molecule has 0 saturated carbocycles. The quantitative estimate of drug-likeness (QED) is 0.241. The number of hydrogen-bond acceptors (Lipinski definition) is 3. The topological polar surface area (TPSA) is 47.3 Å². The van der Waals surface area contributed by atoms with Gasteiger partial charge in [0.1, 0.15) is 0 Å². The summed E-state index contributed by atoms with van der Waals surface area (Å²) in [6, 6.07) is 0. The van der Waals surface area contributed by atoms with Gasteiger partial charge in [-0.1, -0.05) is 103 Å². The fourth-order valence-corrected chi connectivity index (χ4v) is 3.23. The van der Waals surface area contributed by atoms with Crippen molar-refractivity contribution in [2.45, 2.75) is 110 Å². The molecular formula is C22H48N2O. The molecule has 0 aromatic carbocycles. The lowest BCUT2D eigenvalue weighted by molar-refractivity contribution is 0.132. The molecule has 0 aliphatic heterocycles.